The van der Waals surface area contributed by atoms with E-state index < -0.39 is 77.6 Å². The minimum Gasteiger partial charge on any atom is -0.459 e. The summed E-state index contributed by atoms with van der Waals surface area (Å²) in [6.45, 7) is 16.2. The second kappa shape index (κ2) is 14.0. The van der Waals surface area contributed by atoms with Crippen molar-refractivity contribution >= 4 is 41.8 Å². The molecule has 46 heavy (non-hydrogen) atoms. The van der Waals surface area contributed by atoms with Gasteiger partial charge in [-0.1, -0.05) is 45.9 Å². The number of hydrogen-bond donors (Lipinski definition) is 0. The van der Waals surface area contributed by atoms with Crippen molar-refractivity contribution in [2.75, 3.05) is 6.54 Å². The molecule has 1 fully saturated rings. The zero-order valence-electron chi connectivity index (χ0n) is 27.9. The fourth-order valence-corrected chi connectivity index (χ4v) is 8.44. The molecule has 0 aromatic heterocycles. The Morgan fingerprint density at radius 1 is 1.02 bits per heavy atom. The Labute approximate surface area is 272 Å². The van der Waals surface area contributed by atoms with Gasteiger partial charge in [-0.05, 0) is 68.7 Å². The largest absolute Gasteiger partial charge is 0.459 e. The minimum absolute atomic E-state index is 0.0354. The number of esters is 1. The number of nitro benzene ring substituents is 1. The predicted molar refractivity (Wildman–Crippen MR) is 174 cm³/mol. The van der Waals surface area contributed by atoms with Crippen molar-refractivity contribution in [2.24, 2.45) is 11.8 Å². The number of hydrogen-bond acceptors (Lipinski definition) is 9. The monoisotopic (exact) mass is 675 g/mol. The number of nitro groups is 1. The molecule has 0 spiro atoms. The van der Waals surface area contributed by atoms with Crippen LogP contribution < -0.4 is 0 Å². The Bertz CT molecular complexity index is 1540. The zero-order valence-corrected chi connectivity index (χ0v) is 29.7. The fourth-order valence-electron chi connectivity index (χ4n) is 5.32. The average Bonchev–Trinajstić information content (AvgIpc) is 2.96. The molecule has 1 aliphatic rings. The quantitative estimate of drug-likeness (QED) is 0.0924. The summed E-state index contributed by atoms with van der Waals surface area (Å²) in [6.07, 6.45) is -0.612. The van der Waals surface area contributed by atoms with Crippen LogP contribution in [0.25, 0.3) is 0 Å². The van der Waals surface area contributed by atoms with Crippen molar-refractivity contribution in [3.8, 4) is 0 Å². The molecular weight excluding hydrogens is 631 g/mol. The van der Waals surface area contributed by atoms with Gasteiger partial charge in [0.1, 0.15) is 13.2 Å². The molecule has 0 N–H and O–H groups in total. The van der Waals surface area contributed by atoms with Crippen LogP contribution in [-0.2, 0) is 40.2 Å². The Balaban J connectivity index is 1.90. The van der Waals surface area contributed by atoms with Crippen molar-refractivity contribution in [1.29, 1.82) is 0 Å². The van der Waals surface area contributed by atoms with Crippen LogP contribution in [0.2, 0.25) is 18.1 Å². The number of likely N-dealkylation sites (tertiary alicyclic amines) is 1. The number of carbonyl (C=O) groups excluding carboxylic acids is 3. The van der Waals surface area contributed by atoms with E-state index in [0.29, 0.717) is 5.56 Å². The number of nitrogens with zero attached hydrogens (tertiary/aromatic N) is 3. The van der Waals surface area contributed by atoms with Crippen LogP contribution in [0.15, 0.2) is 59.5 Å². The molecule has 0 aliphatic carbocycles. The van der Waals surface area contributed by atoms with Crippen LogP contribution in [0.3, 0.4) is 0 Å². The number of rotatable bonds is 13. The highest BCUT2D eigenvalue weighted by atomic mass is 32.2. The minimum atomic E-state index is -4.23. The third kappa shape index (κ3) is 7.84. The second-order valence-corrected chi connectivity index (χ2v) is 20.1. The van der Waals surface area contributed by atoms with Crippen LogP contribution in [-0.4, -0.2) is 73.4 Å². The number of non-ortho nitro benzene ring substituents is 1. The van der Waals surface area contributed by atoms with E-state index >= 15 is 0 Å². The van der Waals surface area contributed by atoms with Gasteiger partial charge in [-0.15, -0.1) is 0 Å². The summed E-state index contributed by atoms with van der Waals surface area (Å²) in [4.78, 5) is 52.3. The molecule has 2 aromatic carbocycles. The van der Waals surface area contributed by atoms with Gasteiger partial charge >= 0.3 is 5.97 Å². The smallest absolute Gasteiger partial charge is 0.325 e. The molecule has 2 amide bonds. The molecule has 14 heteroatoms. The van der Waals surface area contributed by atoms with Crippen molar-refractivity contribution < 1.29 is 36.9 Å². The van der Waals surface area contributed by atoms with Crippen molar-refractivity contribution in [1.82, 2.24) is 9.21 Å². The molecule has 0 unspecified atom stereocenters. The molecule has 0 saturated carbocycles. The van der Waals surface area contributed by atoms with Gasteiger partial charge in [0.25, 0.3) is 15.7 Å². The van der Waals surface area contributed by atoms with Crippen molar-refractivity contribution in [3.63, 3.8) is 0 Å². The molecule has 3 rings (SSSR count). The lowest BCUT2D eigenvalue weighted by atomic mass is 9.76. The van der Waals surface area contributed by atoms with Crippen molar-refractivity contribution in [3.05, 3.63) is 70.3 Å². The number of amides is 2. The number of sulfonamides is 1. The second-order valence-electron chi connectivity index (χ2n) is 13.5. The molecule has 0 bridgehead atoms. The number of benzene rings is 2. The maximum Gasteiger partial charge on any atom is 0.325 e. The van der Waals surface area contributed by atoms with E-state index in [9.17, 15) is 32.9 Å². The molecular formula is C32H45N3O9SSi. The van der Waals surface area contributed by atoms with E-state index in [1.54, 1.807) is 45.9 Å². The third-order valence-corrected chi connectivity index (χ3v) is 15.4. The number of carbonyl (C=O) groups is 3. The first-order chi connectivity index (χ1) is 21.2. The summed E-state index contributed by atoms with van der Waals surface area (Å²) in [6, 6.07) is 11.6. The predicted octanol–water partition coefficient (Wildman–Crippen LogP) is 5.14. The molecule has 1 aliphatic heterocycles. The summed E-state index contributed by atoms with van der Waals surface area (Å²) in [5.74, 6) is -3.67. The highest BCUT2D eigenvalue weighted by Crippen LogP contribution is 2.42. The molecule has 2 aromatic rings. The van der Waals surface area contributed by atoms with E-state index in [1.165, 1.54) is 41.3 Å². The third-order valence-electron chi connectivity index (χ3n) is 8.82. The highest BCUT2D eigenvalue weighted by molar-refractivity contribution is 7.89. The molecule has 4 atom stereocenters. The SMILES string of the molecule is CC(C)N(C(=O)[C@H](C)[C@@H]1[C@@H]([C@@H](C)O[Si](C)(C)C(C)(C)C)C(=O)N1CC(=O)OCc1ccc([N+](=O)[O-])cc1)S(=O)(=O)c1ccccc1. The van der Waals surface area contributed by atoms with Gasteiger partial charge in [0.05, 0.1) is 33.8 Å². The lowest BCUT2D eigenvalue weighted by molar-refractivity contribution is -0.384. The zero-order chi connectivity index (χ0) is 34.8. The topological polar surface area (TPSA) is 153 Å². The van der Waals surface area contributed by atoms with Gasteiger partial charge in [0, 0.05) is 18.2 Å². The lowest BCUT2D eigenvalue weighted by Crippen LogP contribution is -2.70. The molecule has 12 nitrogen and oxygen atoms in total. The number of ether oxygens (including phenoxy) is 1. The van der Waals surface area contributed by atoms with Crippen LogP contribution in [0, 0.1) is 22.0 Å². The highest BCUT2D eigenvalue weighted by Gasteiger charge is 2.57. The standard InChI is InChI=1S/C32H45N3O9SSi/c1-21(2)34(45(41,42)26-13-11-10-12-14-26)30(37)22(3)29-28(23(4)44-46(8,9)32(5,6)7)31(38)33(29)19-27(36)43-20-24-15-17-25(18-16-24)35(39)40/h10-18,21-23,28-29H,19-20H2,1-9H3/t22-,23-,28-,29-/m1/s1. The maximum absolute atomic E-state index is 14.1. The van der Waals surface area contributed by atoms with Crippen LogP contribution in [0.4, 0.5) is 5.69 Å². The first-order valence-electron chi connectivity index (χ1n) is 15.2. The Morgan fingerprint density at radius 3 is 2.09 bits per heavy atom. The van der Waals surface area contributed by atoms with Crippen LogP contribution in [0.5, 0.6) is 0 Å². The molecule has 1 heterocycles. The maximum atomic E-state index is 14.1. The Morgan fingerprint density at radius 2 is 1.59 bits per heavy atom. The summed E-state index contributed by atoms with van der Waals surface area (Å²) in [5.41, 5.74) is 0.412. The van der Waals surface area contributed by atoms with E-state index in [0.717, 1.165) is 4.31 Å². The van der Waals surface area contributed by atoms with Gasteiger partial charge in [-0.2, -0.15) is 0 Å². The molecule has 0 radical (unpaired) electrons. The molecule has 1 saturated heterocycles. The van der Waals surface area contributed by atoms with Crippen molar-refractivity contribution in [2.45, 2.75) is 96.3 Å². The Hall–Kier alpha value is -3.62. The normalized spacial score (nSPS) is 18.5. The van der Waals surface area contributed by atoms with E-state index in [2.05, 4.69) is 33.9 Å². The first kappa shape index (κ1) is 36.8. The van der Waals surface area contributed by atoms with Crippen LogP contribution in [0.1, 0.15) is 54.0 Å². The van der Waals surface area contributed by atoms with E-state index in [4.69, 9.17) is 9.16 Å². The summed E-state index contributed by atoms with van der Waals surface area (Å²) in [5, 5.41) is 10.8. The summed E-state index contributed by atoms with van der Waals surface area (Å²) >= 11 is 0. The van der Waals surface area contributed by atoms with Crippen LogP contribution >= 0.6 is 0 Å². The Kier molecular flexibility index (Phi) is 11.2. The van der Waals surface area contributed by atoms with Gasteiger partial charge in [-0.3, -0.25) is 24.5 Å². The lowest BCUT2D eigenvalue weighted by Gasteiger charge is -2.53. The average molecular weight is 676 g/mol. The summed E-state index contributed by atoms with van der Waals surface area (Å²) in [7, 11) is -6.59. The van der Waals surface area contributed by atoms with Gasteiger partial charge < -0.3 is 14.1 Å². The van der Waals surface area contributed by atoms with Gasteiger partial charge in [0.15, 0.2) is 8.32 Å². The number of β-lactam (4-membered cyclic amide) rings is 1. The van der Waals surface area contributed by atoms with E-state index in [-0.39, 0.29) is 22.2 Å². The first-order valence-corrected chi connectivity index (χ1v) is 19.6. The van der Waals surface area contributed by atoms with Gasteiger partial charge in [0.2, 0.25) is 11.8 Å². The van der Waals surface area contributed by atoms with Gasteiger partial charge in [-0.25, -0.2) is 12.7 Å². The fraction of sp³-hybridized carbons (Fsp3) is 0.531. The molecule has 252 valence electrons. The summed E-state index contributed by atoms with van der Waals surface area (Å²) < 4.78 is 40.1. The van der Waals surface area contributed by atoms with E-state index in [1.807, 2.05) is 0 Å².